The minimum Gasteiger partial charge on any atom is -0.496 e. The molecule has 0 bridgehead atoms. The van der Waals surface area contributed by atoms with Crippen molar-refractivity contribution in [3.05, 3.63) is 22.7 Å². The van der Waals surface area contributed by atoms with Crippen LogP contribution in [0, 0.1) is 0 Å². The smallest absolute Gasteiger partial charge is 0.243 e. The lowest BCUT2D eigenvalue weighted by Gasteiger charge is -2.31. The van der Waals surface area contributed by atoms with E-state index in [2.05, 4.69) is 21.2 Å². The molecular formula is C13H19BrN2O3S. The third-order valence-corrected chi connectivity index (χ3v) is 6.03. The number of rotatable bonds is 4. The van der Waals surface area contributed by atoms with Crippen molar-refractivity contribution < 1.29 is 13.2 Å². The van der Waals surface area contributed by atoms with E-state index in [1.54, 1.807) is 29.6 Å². The van der Waals surface area contributed by atoms with E-state index < -0.39 is 10.0 Å². The summed E-state index contributed by atoms with van der Waals surface area (Å²) in [6.45, 7) is 1.09. The molecule has 1 N–H and O–H groups in total. The van der Waals surface area contributed by atoms with Gasteiger partial charge in [-0.05, 0) is 54.0 Å². The third kappa shape index (κ3) is 3.16. The zero-order valence-electron chi connectivity index (χ0n) is 11.6. The fourth-order valence-corrected chi connectivity index (χ4v) is 4.60. The number of sulfonamides is 1. The highest BCUT2D eigenvalue weighted by Crippen LogP contribution is 2.29. The summed E-state index contributed by atoms with van der Waals surface area (Å²) in [5.74, 6) is 0.621. The predicted molar refractivity (Wildman–Crippen MR) is 81.5 cm³/mol. The maximum atomic E-state index is 12.6. The molecule has 112 valence electrons. The Morgan fingerprint density at radius 3 is 2.80 bits per heavy atom. The molecule has 0 aromatic heterocycles. The van der Waals surface area contributed by atoms with Crippen molar-refractivity contribution in [1.29, 1.82) is 0 Å². The van der Waals surface area contributed by atoms with E-state index in [-0.39, 0.29) is 6.04 Å². The molecule has 0 amide bonds. The Kier molecular flexibility index (Phi) is 5.06. The Morgan fingerprint density at radius 2 is 2.20 bits per heavy atom. The Hall–Kier alpha value is -0.630. The number of likely N-dealkylation sites (N-methyl/N-ethyl adjacent to an activating group) is 1. The summed E-state index contributed by atoms with van der Waals surface area (Å²) in [6.07, 6.45) is 1.89. The van der Waals surface area contributed by atoms with E-state index in [1.165, 1.54) is 0 Å². The zero-order valence-corrected chi connectivity index (χ0v) is 14.0. The monoisotopic (exact) mass is 362 g/mol. The molecule has 20 heavy (non-hydrogen) atoms. The quantitative estimate of drug-likeness (QED) is 0.887. The van der Waals surface area contributed by atoms with Crippen molar-refractivity contribution in [2.45, 2.75) is 23.8 Å². The van der Waals surface area contributed by atoms with Gasteiger partial charge in [0.05, 0.1) is 16.5 Å². The maximum absolute atomic E-state index is 12.6. The molecule has 1 fully saturated rings. The van der Waals surface area contributed by atoms with Crippen LogP contribution in [0.25, 0.3) is 0 Å². The van der Waals surface area contributed by atoms with Crippen molar-refractivity contribution in [3.63, 3.8) is 0 Å². The fourth-order valence-electron chi connectivity index (χ4n) is 2.35. The van der Waals surface area contributed by atoms with Gasteiger partial charge in [0, 0.05) is 19.1 Å². The van der Waals surface area contributed by atoms with Crippen LogP contribution in [0.3, 0.4) is 0 Å². The largest absolute Gasteiger partial charge is 0.496 e. The molecule has 1 aromatic carbocycles. The van der Waals surface area contributed by atoms with Gasteiger partial charge in [-0.15, -0.1) is 0 Å². The average molecular weight is 363 g/mol. The van der Waals surface area contributed by atoms with Gasteiger partial charge in [0.2, 0.25) is 10.0 Å². The minimum atomic E-state index is -3.44. The number of hydrogen-bond donors (Lipinski definition) is 1. The number of ether oxygens (including phenoxy) is 1. The summed E-state index contributed by atoms with van der Waals surface area (Å²) in [6, 6.07) is 5.07. The first-order valence-corrected chi connectivity index (χ1v) is 8.73. The molecular weight excluding hydrogens is 344 g/mol. The summed E-state index contributed by atoms with van der Waals surface area (Å²) in [4.78, 5) is 0.293. The molecule has 0 aliphatic carbocycles. The number of nitrogens with one attached hydrogen (secondary N) is 1. The van der Waals surface area contributed by atoms with Gasteiger partial charge in [-0.1, -0.05) is 0 Å². The van der Waals surface area contributed by atoms with Gasteiger partial charge in [0.15, 0.2) is 0 Å². The molecule has 5 nitrogen and oxygen atoms in total. The highest BCUT2D eigenvalue weighted by Gasteiger charge is 2.29. The molecule has 0 saturated carbocycles. The van der Waals surface area contributed by atoms with E-state index in [0.29, 0.717) is 28.2 Å². The summed E-state index contributed by atoms with van der Waals surface area (Å²) >= 11 is 3.33. The van der Waals surface area contributed by atoms with E-state index in [9.17, 15) is 8.42 Å². The first kappa shape index (κ1) is 15.8. The van der Waals surface area contributed by atoms with Gasteiger partial charge < -0.3 is 10.1 Å². The van der Waals surface area contributed by atoms with Crippen LogP contribution in [-0.2, 0) is 10.0 Å². The Labute approximate surface area is 128 Å². The number of benzene rings is 1. The van der Waals surface area contributed by atoms with Crippen molar-refractivity contribution in [3.8, 4) is 5.75 Å². The van der Waals surface area contributed by atoms with E-state index in [4.69, 9.17) is 4.74 Å². The van der Waals surface area contributed by atoms with Crippen molar-refractivity contribution >= 4 is 26.0 Å². The normalized spacial score (nSPS) is 20.9. The number of hydrogen-bond acceptors (Lipinski definition) is 4. The lowest BCUT2D eigenvalue weighted by molar-refractivity contribution is 0.293. The molecule has 0 radical (unpaired) electrons. The summed E-state index contributed by atoms with van der Waals surface area (Å²) in [5.41, 5.74) is 0. The molecule has 1 aliphatic heterocycles. The number of piperidine rings is 1. The molecule has 1 aliphatic rings. The average Bonchev–Trinajstić information content (AvgIpc) is 2.47. The van der Waals surface area contributed by atoms with Crippen LogP contribution in [0.5, 0.6) is 5.75 Å². The van der Waals surface area contributed by atoms with Crippen LogP contribution in [0.1, 0.15) is 12.8 Å². The van der Waals surface area contributed by atoms with E-state index in [0.717, 1.165) is 12.8 Å². The molecule has 0 unspecified atom stereocenters. The van der Waals surface area contributed by atoms with Crippen molar-refractivity contribution in [2.24, 2.45) is 0 Å². The molecule has 0 spiro atoms. The Bertz CT molecular complexity index is 577. The van der Waals surface area contributed by atoms with Gasteiger partial charge in [-0.3, -0.25) is 0 Å². The van der Waals surface area contributed by atoms with Crippen LogP contribution in [0.4, 0.5) is 0 Å². The SMILES string of the molecule is CN[C@H]1CCCN(S(=O)(=O)c2ccc(OC)c(Br)c2)C1. The number of methoxy groups -OCH3 is 1. The van der Waals surface area contributed by atoms with E-state index >= 15 is 0 Å². The van der Waals surface area contributed by atoms with Crippen LogP contribution >= 0.6 is 15.9 Å². The van der Waals surface area contributed by atoms with E-state index in [1.807, 2.05) is 7.05 Å². The second-order valence-corrected chi connectivity index (χ2v) is 7.58. The van der Waals surface area contributed by atoms with Crippen molar-refractivity contribution in [1.82, 2.24) is 9.62 Å². The second kappa shape index (κ2) is 6.43. The molecule has 7 heteroatoms. The number of halogens is 1. The minimum absolute atomic E-state index is 0.222. The lowest BCUT2D eigenvalue weighted by Crippen LogP contribution is -2.46. The van der Waals surface area contributed by atoms with Gasteiger partial charge in [-0.2, -0.15) is 4.31 Å². The predicted octanol–water partition coefficient (Wildman–Crippen LogP) is 1.83. The summed E-state index contributed by atoms with van der Waals surface area (Å²) < 4.78 is 32.6. The molecule has 1 aromatic rings. The van der Waals surface area contributed by atoms with Crippen LogP contribution < -0.4 is 10.1 Å². The molecule has 2 rings (SSSR count). The Balaban J connectivity index is 2.28. The van der Waals surface area contributed by atoms with Crippen molar-refractivity contribution in [2.75, 3.05) is 27.2 Å². The van der Waals surface area contributed by atoms with Crippen LogP contribution in [0.2, 0.25) is 0 Å². The fraction of sp³-hybridized carbons (Fsp3) is 0.538. The standard InChI is InChI=1S/C13H19BrN2O3S/c1-15-10-4-3-7-16(9-10)20(17,18)11-5-6-13(19-2)12(14)8-11/h5-6,8,10,15H,3-4,7,9H2,1-2H3/t10-/m0/s1. The topological polar surface area (TPSA) is 58.6 Å². The summed E-state index contributed by atoms with van der Waals surface area (Å²) in [7, 11) is -0.0269. The first-order chi connectivity index (χ1) is 9.48. The lowest BCUT2D eigenvalue weighted by atomic mass is 10.1. The Morgan fingerprint density at radius 1 is 1.45 bits per heavy atom. The highest BCUT2D eigenvalue weighted by molar-refractivity contribution is 9.10. The maximum Gasteiger partial charge on any atom is 0.243 e. The molecule has 1 saturated heterocycles. The van der Waals surface area contributed by atoms with Gasteiger partial charge in [0.25, 0.3) is 0 Å². The van der Waals surface area contributed by atoms with Gasteiger partial charge in [0.1, 0.15) is 5.75 Å². The summed E-state index contributed by atoms with van der Waals surface area (Å²) in [5, 5.41) is 3.15. The number of nitrogens with zero attached hydrogens (tertiary/aromatic N) is 1. The van der Waals surface area contributed by atoms with Crippen LogP contribution in [0.15, 0.2) is 27.6 Å². The zero-order chi connectivity index (χ0) is 14.8. The molecule has 1 heterocycles. The first-order valence-electron chi connectivity index (χ1n) is 6.50. The van der Waals surface area contributed by atoms with Crippen LogP contribution in [-0.4, -0.2) is 46.0 Å². The van der Waals surface area contributed by atoms with Gasteiger partial charge >= 0.3 is 0 Å². The highest BCUT2D eigenvalue weighted by atomic mass is 79.9. The second-order valence-electron chi connectivity index (χ2n) is 4.79. The van der Waals surface area contributed by atoms with Gasteiger partial charge in [-0.25, -0.2) is 8.42 Å². The third-order valence-electron chi connectivity index (χ3n) is 3.55. The molecule has 1 atom stereocenters.